The zero-order chi connectivity index (χ0) is 14.0. The Hall–Kier alpha value is -1.14. The lowest BCUT2D eigenvalue weighted by Crippen LogP contribution is -2.55. The fourth-order valence-electron chi connectivity index (χ4n) is 2.47. The number of aliphatic carboxylic acids is 1. The van der Waals surface area contributed by atoms with E-state index < -0.39 is 11.9 Å². The maximum Gasteiger partial charge on any atom is 0.307 e. The predicted molar refractivity (Wildman–Crippen MR) is 68.7 cm³/mol. The predicted octanol–water partition coefficient (Wildman–Crippen LogP) is -0.0659. The van der Waals surface area contributed by atoms with Crippen molar-refractivity contribution in [3.8, 4) is 0 Å². The average molecular weight is 270 g/mol. The summed E-state index contributed by atoms with van der Waals surface area (Å²) in [7, 11) is 0. The van der Waals surface area contributed by atoms with Gasteiger partial charge in [-0.3, -0.25) is 14.5 Å². The lowest BCUT2D eigenvalue weighted by molar-refractivity contribution is -0.140. The Balaban J connectivity index is 1.77. The van der Waals surface area contributed by atoms with Crippen molar-refractivity contribution in [1.29, 1.82) is 0 Å². The molecular weight excluding hydrogens is 248 g/mol. The normalized spacial score (nSPS) is 27.9. The summed E-state index contributed by atoms with van der Waals surface area (Å²) in [5, 5.41) is 11.7. The molecule has 1 saturated carbocycles. The third-order valence-corrected chi connectivity index (χ3v) is 4.01. The third-order valence-electron chi connectivity index (χ3n) is 4.01. The summed E-state index contributed by atoms with van der Waals surface area (Å²) >= 11 is 0. The summed E-state index contributed by atoms with van der Waals surface area (Å²) in [5.41, 5.74) is -0.132. The molecule has 2 N–H and O–H groups in total. The van der Waals surface area contributed by atoms with Gasteiger partial charge in [0.2, 0.25) is 5.91 Å². The molecule has 2 atom stereocenters. The van der Waals surface area contributed by atoms with Crippen molar-refractivity contribution < 1.29 is 19.4 Å². The van der Waals surface area contributed by atoms with Crippen molar-refractivity contribution in [1.82, 2.24) is 10.2 Å². The summed E-state index contributed by atoms with van der Waals surface area (Å²) in [4.78, 5) is 24.8. The highest BCUT2D eigenvalue weighted by molar-refractivity contribution is 5.89. The molecule has 0 spiro atoms. The standard InChI is InChI=1S/C13H22N2O4/c1-13(2,15-3-5-19-6-4-15)8-14-11(16)9-7-10(9)12(17)18/h9-10H,3-8H2,1-2H3,(H,14,16)(H,17,18)/t9-,10+/m1/s1. The van der Waals surface area contributed by atoms with Crippen LogP contribution in [0.2, 0.25) is 0 Å². The van der Waals surface area contributed by atoms with E-state index >= 15 is 0 Å². The zero-order valence-electron chi connectivity index (χ0n) is 11.5. The molecule has 1 saturated heterocycles. The molecule has 2 aliphatic rings. The average Bonchev–Trinajstić information content (AvgIpc) is 3.17. The lowest BCUT2D eigenvalue weighted by atomic mass is 10.0. The molecule has 0 bridgehead atoms. The first-order valence-corrected chi connectivity index (χ1v) is 6.75. The monoisotopic (exact) mass is 270 g/mol. The highest BCUT2D eigenvalue weighted by atomic mass is 16.5. The molecule has 0 radical (unpaired) electrons. The van der Waals surface area contributed by atoms with Gasteiger partial charge in [0.25, 0.3) is 0 Å². The number of carbonyl (C=O) groups excluding carboxylic acids is 1. The Labute approximate surface area is 113 Å². The number of hydrogen-bond acceptors (Lipinski definition) is 4. The first kappa shape index (κ1) is 14.3. The van der Waals surface area contributed by atoms with Crippen LogP contribution in [0.5, 0.6) is 0 Å². The van der Waals surface area contributed by atoms with E-state index in [-0.39, 0.29) is 17.4 Å². The summed E-state index contributed by atoms with van der Waals surface area (Å²) < 4.78 is 5.31. The highest BCUT2D eigenvalue weighted by Gasteiger charge is 2.48. The van der Waals surface area contributed by atoms with Gasteiger partial charge in [-0.1, -0.05) is 0 Å². The fourth-order valence-corrected chi connectivity index (χ4v) is 2.47. The molecule has 2 rings (SSSR count). The van der Waals surface area contributed by atoms with E-state index in [1.165, 1.54) is 0 Å². The Kier molecular flexibility index (Phi) is 4.10. The number of carboxylic acids is 1. The zero-order valence-corrected chi connectivity index (χ0v) is 11.5. The minimum atomic E-state index is -0.868. The maximum atomic E-state index is 11.8. The van der Waals surface area contributed by atoms with Crippen LogP contribution in [0, 0.1) is 11.8 Å². The van der Waals surface area contributed by atoms with Gasteiger partial charge in [-0.05, 0) is 20.3 Å². The van der Waals surface area contributed by atoms with Gasteiger partial charge in [0.1, 0.15) is 0 Å². The number of rotatable bonds is 5. The SMILES string of the molecule is CC(C)(CNC(=O)[C@@H]1C[C@@H]1C(=O)O)N1CCOCC1. The van der Waals surface area contributed by atoms with E-state index in [9.17, 15) is 9.59 Å². The van der Waals surface area contributed by atoms with Gasteiger partial charge in [-0.25, -0.2) is 0 Å². The second kappa shape index (κ2) is 5.46. The van der Waals surface area contributed by atoms with Crippen molar-refractivity contribution in [3.05, 3.63) is 0 Å². The third kappa shape index (κ3) is 3.45. The molecule has 6 heteroatoms. The van der Waals surface area contributed by atoms with E-state index in [1.807, 2.05) is 0 Å². The molecule has 1 aliphatic carbocycles. The smallest absolute Gasteiger partial charge is 0.307 e. The van der Waals surface area contributed by atoms with E-state index in [0.717, 1.165) is 26.3 Å². The summed E-state index contributed by atoms with van der Waals surface area (Å²) in [6.45, 7) is 7.88. The summed E-state index contributed by atoms with van der Waals surface area (Å²) in [6, 6.07) is 0. The molecule has 0 unspecified atom stereocenters. The molecule has 19 heavy (non-hydrogen) atoms. The molecule has 1 amide bonds. The van der Waals surface area contributed by atoms with Crippen LogP contribution in [-0.2, 0) is 14.3 Å². The molecular formula is C13H22N2O4. The quantitative estimate of drug-likeness (QED) is 0.731. The molecule has 2 fully saturated rings. The fraction of sp³-hybridized carbons (Fsp3) is 0.846. The first-order valence-electron chi connectivity index (χ1n) is 6.75. The minimum Gasteiger partial charge on any atom is -0.481 e. The van der Waals surface area contributed by atoms with Crippen molar-refractivity contribution in [2.75, 3.05) is 32.8 Å². The second-order valence-electron chi connectivity index (χ2n) is 5.92. The van der Waals surface area contributed by atoms with Crippen molar-refractivity contribution >= 4 is 11.9 Å². The molecule has 1 aliphatic heterocycles. The second-order valence-corrected chi connectivity index (χ2v) is 5.92. The Morgan fingerprint density at radius 2 is 1.95 bits per heavy atom. The van der Waals surface area contributed by atoms with Crippen LogP contribution in [0.25, 0.3) is 0 Å². The van der Waals surface area contributed by atoms with Gasteiger partial charge in [0, 0.05) is 25.2 Å². The van der Waals surface area contributed by atoms with Crippen molar-refractivity contribution in [3.63, 3.8) is 0 Å². The van der Waals surface area contributed by atoms with E-state index in [1.54, 1.807) is 0 Å². The van der Waals surface area contributed by atoms with Gasteiger partial charge in [-0.15, -0.1) is 0 Å². The molecule has 0 aromatic carbocycles. The van der Waals surface area contributed by atoms with Crippen LogP contribution in [-0.4, -0.2) is 60.3 Å². The van der Waals surface area contributed by atoms with Crippen LogP contribution in [0.3, 0.4) is 0 Å². The molecule has 0 aromatic rings. The molecule has 108 valence electrons. The van der Waals surface area contributed by atoms with Crippen molar-refractivity contribution in [2.45, 2.75) is 25.8 Å². The Bertz CT molecular complexity index is 364. The highest BCUT2D eigenvalue weighted by Crippen LogP contribution is 2.38. The van der Waals surface area contributed by atoms with E-state index in [0.29, 0.717) is 13.0 Å². The van der Waals surface area contributed by atoms with Gasteiger partial charge in [0.15, 0.2) is 0 Å². The number of nitrogens with one attached hydrogen (secondary N) is 1. The molecule has 6 nitrogen and oxygen atoms in total. The topological polar surface area (TPSA) is 78.9 Å². The minimum absolute atomic E-state index is 0.131. The van der Waals surface area contributed by atoms with Crippen LogP contribution >= 0.6 is 0 Å². The van der Waals surface area contributed by atoms with Crippen LogP contribution in [0.1, 0.15) is 20.3 Å². The number of hydrogen-bond donors (Lipinski definition) is 2. The van der Waals surface area contributed by atoms with Crippen LogP contribution in [0.15, 0.2) is 0 Å². The van der Waals surface area contributed by atoms with E-state index in [4.69, 9.17) is 9.84 Å². The number of amides is 1. The van der Waals surface area contributed by atoms with E-state index in [2.05, 4.69) is 24.1 Å². The summed E-state index contributed by atoms with van der Waals surface area (Å²) in [5.74, 6) is -1.81. The number of carboxylic acid groups (broad SMARTS) is 1. The van der Waals surface area contributed by atoms with Crippen LogP contribution in [0.4, 0.5) is 0 Å². The molecule has 1 heterocycles. The number of carbonyl (C=O) groups is 2. The Morgan fingerprint density at radius 3 is 2.47 bits per heavy atom. The number of nitrogens with zero attached hydrogens (tertiary/aromatic N) is 1. The van der Waals surface area contributed by atoms with Gasteiger partial charge < -0.3 is 15.2 Å². The largest absolute Gasteiger partial charge is 0.481 e. The van der Waals surface area contributed by atoms with Gasteiger partial charge in [-0.2, -0.15) is 0 Å². The number of ether oxygens (including phenoxy) is 1. The van der Waals surface area contributed by atoms with Gasteiger partial charge >= 0.3 is 5.97 Å². The first-order chi connectivity index (χ1) is 8.92. The lowest BCUT2D eigenvalue weighted by Gasteiger charge is -2.40. The van der Waals surface area contributed by atoms with Gasteiger partial charge in [0.05, 0.1) is 25.0 Å². The number of morpholine rings is 1. The maximum absolute atomic E-state index is 11.8. The summed E-state index contributed by atoms with van der Waals surface area (Å²) in [6.07, 6.45) is 0.471. The Morgan fingerprint density at radius 1 is 1.32 bits per heavy atom. The van der Waals surface area contributed by atoms with Crippen LogP contribution < -0.4 is 5.32 Å². The molecule has 0 aromatic heterocycles. The van der Waals surface area contributed by atoms with Crippen molar-refractivity contribution in [2.24, 2.45) is 11.8 Å².